The minimum Gasteiger partial charge on any atom is -0.339 e. The zero-order valence-electron chi connectivity index (χ0n) is 10.8. The third-order valence-electron chi connectivity index (χ3n) is 3.64. The Labute approximate surface area is 116 Å². The summed E-state index contributed by atoms with van der Waals surface area (Å²) in [4.78, 5) is 24.2. The number of halogens is 1. The molecule has 0 heterocycles. The molecule has 1 aliphatic rings. The van der Waals surface area contributed by atoms with Gasteiger partial charge in [0.1, 0.15) is 5.02 Å². The molecule has 1 amide bonds. The number of amides is 1. The predicted octanol–water partition coefficient (Wildman–Crippen LogP) is 3.12. The maximum atomic E-state index is 12.3. The van der Waals surface area contributed by atoms with E-state index >= 15 is 0 Å². The second-order valence-corrected chi connectivity index (χ2v) is 5.27. The lowest BCUT2D eigenvalue weighted by atomic mass is 10.1. The van der Waals surface area contributed by atoms with Crippen LogP contribution in [0.15, 0.2) is 18.2 Å². The lowest BCUT2D eigenvalue weighted by molar-refractivity contribution is -0.384. The molecular weight excluding hydrogens is 268 g/mol. The Morgan fingerprint density at radius 3 is 2.68 bits per heavy atom. The summed E-state index contributed by atoms with van der Waals surface area (Å²) in [5.74, 6) is 0.263. The topological polar surface area (TPSA) is 63.5 Å². The number of benzene rings is 1. The van der Waals surface area contributed by atoms with Crippen molar-refractivity contribution in [1.82, 2.24) is 4.90 Å². The normalized spacial score (nSPS) is 15.9. The van der Waals surface area contributed by atoms with Crippen LogP contribution in [0.2, 0.25) is 5.02 Å². The summed E-state index contributed by atoms with van der Waals surface area (Å²) < 4.78 is 0. The van der Waals surface area contributed by atoms with Gasteiger partial charge in [0.25, 0.3) is 11.6 Å². The first-order valence-electron chi connectivity index (χ1n) is 6.13. The summed E-state index contributed by atoms with van der Waals surface area (Å²) in [6.07, 6.45) is 2.25. The van der Waals surface area contributed by atoms with E-state index in [0.29, 0.717) is 5.92 Å². The van der Waals surface area contributed by atoms with Crippen molar-refractivity contribution in [3.8, 4) is 0 Å². The highest BCUT2D eigenvalue weighted by atomic mass is 35.5. The molecule has 1 atom stereocenters. The van der Waals surface area contributed by atoms with Crippen LogP contribution in [0.4, 0.5) is 5.69 Å². The van der Waals surface area contributed by atoms with Gasteiger partial charge >= 0.3 is 0 Å². The van der Waals surface area contributed by atoms with E-state index < -0.39 is 4.92 Å². The monoisotopic (exact) mass is 282 g/mol. The predicted molar refractivity (Wildman–Crippen MR) is 72.4 cm³/mol. The maximum Gasteiger partial charge on any atom is 0.288 e. The third-order valence-corrected chi connectivity index (χ3v) is 4.04. The molecular formula is C13H15ClN2O3. The van der Waals surface area contributed by atoms with Gasteiger partial charge in [-0.1, -0.05) is 17.7 Å². The summed E-state index contributed by atoms with van der Waals surface area (Å²) in [7, 11) is 1.71. The molecule has 2 rings (SSSR count). The zero-order chi connectivity index (χ0) is 14.2. The highest BCUT2D eigenvalue weighted by Gasteiger charge is 2.33. The van der Waals surface area contributed by atoms with Crippen LogP contribution in [0.5, 0.6) is 0 Å². The van der Waals surface area contributed by atoms with Crippen LogP contribution >= 0.6 is 11.6 Å². The summed E-state index contributed by atoms with van der Waals surface area (Å²) >= 11 is 5.95. The Hall–Kier alpha value is -1.62. The highest BCUT2D eigenvalue weighted by Crippen LogP contribution is 2.36. The molecule has 19 heavy (non-hydrogen) atoms. The molecule has 0 N–H and O–H groups in total. The molecule has 1 saturated carbocycles. The molecule has 1 fully saturated rings. The van der Waals surface area contributed by atoms with Gasteiger partial charge in [-0.15, -0.1) is 0 Å². The number of nitro groups is 1. The van der Waals surface area contributed by atoms with Crippen molar-refractivity contribution in [1.29, 1.82) is 0 Å². The number of carbonyl (C=O) groups is 1. The number of hydrogen-bond acceptors (Lipinski definition) is 3. The van der Waals surface area contributed by atoms with E-state index in [4.69, 9.17) is 11.6 Å². The van der Waals surface area contributed by atoms with E-state index in [9.17, 15) is 14.9 Å². The first-order valence-corrected chi connectivity index (χ1v) is 6.51. The van der Waals surface area contributed by atoms with Crippen molar-refractivity contribution in [2.45, 2.75) is 25.8 Å². The molecule has 0 aliphatic heterocycles. The minimum absolute atomic E-state index is 0.0904. The number of rotatable bonds is 4. The Balaban J connectivity index is 2.28. The van der Waals surface area contributed by atoms with Crippen LogP contribution in [0.25, 0.3) is 0 Å². The molecule has 1 aromatic rings. The standard InChI is InChI=1S/C13H15ClN2O3/c1-8(9-6-7-9)15(2)13(17)10-4-3-5-11(12(10)14)16(18)19/h3-5,8-9H,6-7H2,1-2H3. The largest absolute Gasteiger partial charge is 0.339 e. The van der Waals surface area contributed by atoms with E-state index in [1.807, 2.05) is 6.92 Å². The van der Waals surface area contributed by atoms with Crippen molar-refractivity contribution in [2.24, 2.45) is 5.92 Å². The van der Waals surface area contributed by atoms with Crippen molar-refractivity contribution in [3.63, 3.8) is 0 Å². The SMILES string of the molecule is CC(C1CC1)N(C)C(=O)c1cccc([N+](=O)[O-])c1Cl. The van der Waals surface area contributed by atoms with Gasteiger partial charge in [-0.25, -0.2) is 0 Å². The van der Waals surface area contributed by atoms with Gasteiger partial charge in [-0.05, 0) is 31.7 Å². The smallest absolute Gasteiger partial charge is 0.288 e. The van der Waals surface area contributed by atoms with Crippen LogP contribution in [-0.2, 0) is 0 Å². The summed E-state index contributed by atoms with van der Waals surface area (Å²) in [6.45, 7) is 1.99. The molecule has 1 aromatic carbocycles. The molecule has 5 nitrogen and oxygen atoms in total. The van der Waals surface area contributed by atoms with Gasteiger partial charge in [0.15, 0.2) is 0 Å². The zero-order valence-corrected chi connectivity index (χ0v) is 11.6. The summed E-state index contributed by atoms with van der Waals surface area (Å²) in [5.41, 5.74) is -0.0501. The van der Waals surface area contributed by atoms with Crippen molar-refractivity contribution in [3.05, 3.63) is 38.9 Å². The van der Waals surface area contributed by atoms with E-state index in [1.54, 1.807) is 11.9 Å². The van der Waals surface area contributed by atoms with E-state index in [1.165, 1.54) is 18.2 Å². The lowest BCUT2D eigenvalue weighted by Crippen LogP contribution is -2.36. The van der Waals surface area contributed by atoms with Gasteiger partial charge in [-0.2, -0.15) is 0 Å². The Kier molecular flexibility index (Phi) is 3.75. The fraction of sp³-hybridized carbons (Fsp3) is 0.462. The second kappa shape index (κ2) is 5.17. The Morgan fingerprint density at radius 2 is 2.16 bits per heavy atom. The summed E-state index contributed by atoms with van der Waals surface area (Å²) in [6, 6.07) is 4.42. The van der Waals surface area contributed by atoms with Crippen LogP contribution in [0, 0.1) is 16.0 Å². The molecule has 0 spiro atoms. The fourth-order valence-corrected chi connectivity index (χ4v) is 2.37. The third kappa shape index (κ3) is 2.71. The fourth-order valence-electron chi connectivity index (χ4n) is 2.10. The van der Waals surface area contributed by atoms with E-state index in [0.717, 1.165) is 12.8 Å². The molecule has 1 aliphatic carbocycles. The van der Waals surface area contributed by atoms with Crippen LogP contribution in [0.1, 0.15) is 30.1 Å². The average Bonchev–Trinajstić information content (AvgIpc) is 3.20. The van der Waals surface area contributed by atoms with Gasteiger partial charge in [0, 0.05) is 19.2 Å². The van der Waals surface area contributed by atoms with Crippen molar-refractivity contribution in [2.75, 3.05) is 7.05 Å². The second-order valence-electron chi connectivity index (χ2n) is 4.89. The van der Waals surface area contributed by atoms with E-state index in [-0.39, 0.29) is 28.2 Å². The van der Waals surface area contributed by atoms with E-state index in [2.05, 4.69) is 0 Å². The minimum atomic E-state index is -0.580. The van der Waals surface area contributed by atoms with Gasteiger partial charge in [-0.3, -0.25) is 14.9 Å². The molecule has 0 radical (unpaired) electrons. The first kappa shape index (κ1) is 13.8. The van der Waals surface area contributed by atoms with Crippen LogP contribution in [0.3, 0.4) is 0 Å². The number of hydrogen-bond donors (Lipinski definition) is 0. The molecule has 102 valence electrons. The number of nitrogens with zero attached hydrogens (tertiary/aromatic N) is 2. The highest BCUT2D eigenvalue weighted by molar-refractivity contribution is 6.35. The average molecular weight is 283 g/mol. The summed E-state index contributed by atoms with van der Waals surface area (Å²) in [5, 5.41) is 10.7. The number of carbonyl (C=O) groups excluding carboxylic acids is 1. The van der Waals surface area contributed by atoms with Gasteiger partial charge < -0.3 is 4.90 Å². The lowest BCUT2D eigenvalue weighted by Gasteiger charge is -2.25. The number of nitro benzene ring substituents is 1. The maximum absolute atomic E-state index is 12.3. The quantitative estimate of drug-likeness (QED) is 0.629. The molecule has 1 unspecified atom stereocenters. The molecule has 0 saturated heterocycles. The van der Waals surface area contributed by atoms with Gasteiger partial charge in [0.2, 0.25) is 0 Å². The Morgan fingerprint density at radius 1 is 1.53 bits per heavy atom. The molecule has 6 heteroatoms. The van der Waals surface area contributed by atoms with Crippen molar-refractivity contribution >= 4 is 23.2 Å². The first-order chi connectivity index (χ1) is 8.93. The molecule has 0 aromatic heterocycles. The van der Waals surface area contributed by atoms with Crippen molar-refractivity contribution < 1.29 is 9.72 Å². The molecule has 0 bridgehead atoms. The van der Waals surface area contributed by atoms with Crippen LogP contribution < -0.4 is 0 Å². The van der Waals surface area contributed by atoms with Gasteiger partial charge in [0.05, 0.1) is 10.5 Å². The van der Waals surface area contributed by atoms with Crippen LogP contribution in [-0.4, -0.2) is 28.8 Å². The Bertz CT molecular complexity index is 529.